The van der Waals surface area contributed by atoms with Crippen LogP contribution in [0.15, 0.2) is 71.6 Å². The molecule has 1 atom stereocenters. The van der Waals surface area contributed by atoms with E-state index in [1.165, 1.54) is 13.0 Å². The van der Waals surface area contributed by atoms with Crippen molar-refractivity contribution in [2.24, 2.45) is 0 Å². The fourth-order valence-corrected chi connectivity index (χ4v) is 3.93. The van der Waals surface area contributed by atoms with Crippen molar-refractivity contribution < 1.29 is 13.2 Å². The maximum atomic E-state index is 12.6. The standard InChI is InChI=1S/C19H17ClN2O3S/c1-13(19(23)21-17-8-4-7-16(20)12-17)22-26(24,25)18-10-9-14-5-2-3-6-15(14)11-18/h2-13,22H,1H3,(H,21,23)/t13-/m0/s1. The summed E-state index contributed by atoms with van der Waals surface area (Å²) < 4.78 is 27.6. The molecule has 0 saturated heterocycles. The second-order valence-electron chi connectivity index (χ2n) is 5.85. The number of benzene rings is 3. The molecule has 0 aliphatic heterocycles. The molecule has 0 saturated carbocycles. The first-order valence-electron chi connectivity index (χ1n) is 7.93. The van der Waals surface area contributed by atoms with E-state index in [1.54, 1.807) is 36.4 Å². The summed E-state index contributed by atoms with van der Waals surface area (Å²) in [4.78, 5) is 12.4. The normalized spacial score (nSPS) is 12.7. The van der Waals surface area contributed by atoms with Crippen molar-refractivity contribution in [3.8, 4) is 0 Å². The molecule has 1 amide bonds. The Morgan fingerprint density at radius 2 is 1.69 bits per heavy atom. The van der Waals surface area contributed by atoms with Crippen molar-refractivity contribution in [2.45, 2.75) is 17.9 Å². The maximum Gasteiger partial charge on any atom is 0.242 e. The van der Waals surface area contributed by atoms with Crippen LogP contribution in [-0.2, 0) is 14.8 Å². The van der Waals surface area contributed by atoms with Gasteiger partial charge in [-0.05, 0) is 48.0 Å². The van der Waals surface area contributed by atoms with E-state index in [2.05, 4.69) is 10.0 Å². The Labute approximate surface area is 157 Å². The molecule has 3 aromatic carbocycles. The van der Waals surface area contributed by atoms with E-state index in [0.29, 0.717) is 10.7 Å². The summed E-state index contributed by atoms with van der Waals surface area (Å²) >= 11 is 5.88. The Kier molecular flexibility index (Phi) is 5.27. The molecule has 134 valence electrons. The average Bonchev–Trinajstić information content (AvgIpc) is 2.61. The summed E-state index contributed by atoms with van der Waals surface area (Å²) in [7, 11) is -3.83. The third kappa shape index (κ3) is 4.22. The number of amides is 1. The summed E-state index contributed by atoms with van der Waals surface area (Å²) in [5.41, 5.74) is 0.499. The fraction of sp³-hybridized carbons (Fsp3) is 0.105. The van der Waals surface area contributed by atoms with Gasteiger partial charge in [-0.3, -0.25) is 4.79 Å². The number of sulfonamides is 1. The fourth-order valence-electron chi connectivity index (χ4n) is 2.51. The molecule has 3 aromatic rings. The molecule has 0 radical (unpaired) electrons. The van der Waals surface area contributed by atoms with Gasteiger partial charge in [0.25, 0.3) is 0 Å². The van der Waals surface area contributed by atoms with Gasteiger partial charge < -0.3 is 5.32 Å². The van der Waals surface area contributed by atoms with Crippen LogP contribution in [0.25, 0.3) is 10.8 Å². The molecule has 26 heavy (non-hydrogen) atoms. The van der Waals surface area contributed by atoms with E-state index in [4.69, 9.17) is 11.6 Å². The van der Waals surface area contributed by atoms with Gasteiger partial charge in [-0.2, -0.15) is 4.72 Å². The molecule has 0 spiro atoms. The molecule has 0 bridgehead atoms. The highest BCUT2D eigenvalue weighted by Crippen LogP contribution is 2.19. The zero-order valence-corrected chi connectivity index (χ0v) is 15.5. The lowest BCUT2D eigenvalue weighted by Gasteiger charge is -2.15. The molecule has 0 aliphatic rings. The van der Waals surface area contributed by atoms with E-state index >= 15 is 0 Å². The summed E-state index contributed by atoms with van der Waals surface area (Å²) in [5, 5.41) is 4.87. The van der Waals surface area contributed by atoms with Crippen molar-refractivity contribution in [2.75, 3.05) is 5.32 Å². The van der Waals surface area contributed by atoms with Crippen LogP contribution in [0.3, 0.4) is 0 Å². The molecule has 7 heteroatoms. The van der Waals surface area contributed by atoms with Gasteiger partial charge in [0.1, 0.15) is 0 Å². The first kappa shape index (κ1) is 18.4. The number of fused-ring (bicyclic) bond motifs is 1. The van der Waals surface area contributed by atoms with Crippen LogP contribution in [0.1, 0.15) is 6.92 Å². The summed E-state index contributed by atoms with van der Waals surface area (Å²) in [6, 6.07) is 18.0. The van der Waals surface area contributed by atoms with Gasteiger partial charge in [0.15, 0.2) is 0 Å². The SMILES string of the molecule is C[C@H](NS(=O)(=O)c1ccc2ccccc2c1)C(=O)Nc1cccc(Cl)c1. The van der Waals surface area contributed by atoms with Crippen LogP contribution in [-0.4, -0.2) is 20.4 Å². The van der Waals surface area contributed by atoms with Gasteiger partial charge >= 0.3 is 0 Å². The van der Waals surface area contributed by atoms with Crippen LogP contribution >= 0.6 is 11.6 Å². The molecule has 0 unspecified atom stereocenters. The molecule has 0 fully saturated rings. The Hall–Kier alpha value is -2.41. The van der Waals surface area contributed by atoms with Gasteiger partial charge in [0.2, 0.25) is 15.9 Å². The lowest BCUT2D eigenvalue weighted by Crippen LogP contribution is -2.41. The monoisotopic (exact) mass is 388 g/mol. The van der Waals surface area contributed by atoms with Crippen LogP contribution in [0.4, 0.5) is 5.69 Å². The first-order valence-corrected chi connectivity index (χ1v) is 9.79. The molecule has 2 N–H and O–H groups in total. The second kappa shape index (κ2) is 7.45. The average molecular weight is 389 g/mol. The molecule has 0 heterocycles. The minimum atomic E-state index is -3.83. The molecule has 3 rings (SSSR count). The molecule has 5 nitrogen and oxygen atoms in total. The number of nitrogens with one attached hydrogen (secondary N) is 2. The van der Waals surface area contributed by atoms with E-state index < -0.39 is 22.0 Å². The van der Waals surface area contributed by atoms with Gasteiger partial charge in [-0.1, -0.05) is 48.0 Å². The predicted octanol–water partition coefficient (Wildman–Crippen LogP) is 3.80. The lowest BCUT2D eigenvalue weighted by atomic mass is 10.1. The van der Waals surface area contributed by atoms with E-state index in [-0.39, 0.29) is 4.90 Å². The Morgan fingerprint density at radius 3 is 2.42 bits per heavy atom. The zero-order chi connectivity index (χ0) is 18.7. The summed E-state index contributed by atoms with van der Waals surface area (Å²) in [5.74, 6) is -0.475. The van der Waals surface area contributed by atoms with Crippen molar-refractivity contribution in [3.63, 3.8) is 0 Å². The Morgan fingerprint density at radius 1 is 0.962 bits per heavy atom. The quantitative estimate of drug-likeness (QED) is 0.698. The van der Waals surface area contributed by atoms with Crippen molar-refractivity contribution in [3.05, 3.63) is 71.8 Å². The molecular formula is C19H17ClN2O3S. The van der Waals surface area contributed by atoms with E-state index in [1.807, 2.05) is 24.3 Å². The van der Waals surface area contributed by atoms with Crippen LogP contribution in [0.5, 0.6) is 0 Å². The highest BCUT2D eigenvalue weighted by atomic mass is 35.5. The van der Waals surface area contributed by atoms with Gasteiger partial charge in [-0.25, -0.2) is 8.42 Å². The van der Waals surface area contributed by atoms with E-state index in [0.717, 1.165) is 10.8 Å². The Bertz CT molecular complexity index is 1070. The highest BCUT2D eigenvalue weighted by molar-refractivity contribution is 7.89. The Balaban J connectivity index is 1.75. The van der Waals surface area contributed by atoms with Gasteiger partial charge in [0, 0.05) is 10.7 Å². The van der Waals surface area contributed by atoms with Crippen molar-refractivity contribution in [1.82, 2.24) is 4.72 Å². The lowest BCUT2D eigenvalue weighted by molar-refractivity contribution is -0.117. The number of anilines is 1. The van der Waals surface area contributed by atoms with Crippen LogP contribution in [0, 0.1) is 0 Å². The highest BCUT2D eigenvalue weighted by Gasteiger charge is 2.22. The molecule has 0 aliphatic carbocycles. The largest absolute Gasteiger partial charge is 0.325 e. The minimum absolute atomic E-state index is 0.110. The third-order valence-electron chi connectivity index (χ3n) is 3.85. The maximum absolute atomic E-state index is 12.6. The number of hydrogen-bond donors (Lipinski definition) is 2. The zero-order valence-electron chi connectivity index (χ0n) is 13.9. The third-order valence-corrected chi connectivity index (χ3v) is 5.62. The topological polar surface area (TPSA) is 75.3 Å². The summed E-state index contributed by atoms with van der Waals surface area (Å²) in [6.07, 6.45) is 0. The number of halogens is 1. The van der Waals surface area contributed by atoms with Gasteiger partial charge in [0.05, 0.1) is 10.9 Å². The van der Waals surface area contributed by atoms with Crippen molar-refractivity contribution >= 4 is 44.0 Å². The number of carbonyl (C=O) groups excluding carboxylic acids is 1. The number of rotatable bonds is 5. The predicted molar refractivity (Wildman–Crippen MR) is 104 cm³/mol. The van der Waals surface area contributed by atoms with E-state index in [9.17, 15) is 13.2 Å². The number of carbonyl (C=O) groups is 1. The second-order valence-corrected chi connectivity index (χ2v) is 8.00. The van der Waals surface area contributed by atoms with Crippen molar-refractivity contribution in [1.29, 1.82) is 0 Å². The van der Waals surface area contributed by atoms with Crippen LogP contribution < -0.4 is 10.0 Å². The first-order chi connectivity index (χ1) is 12.3. The van der Waals surface area contributed by atoms with Crippen LogP contribution in [0.2, 0.25) is 5.02 Å². The molecule has 0 aromatic heterocycles. The number of hydrogen-bond acceptors (Lipinski definition) is 3. The molecular weight excluding hydrogens is 372 g/mol. The summed E-state index contributed by atoms with van der Waals surface area (Å²) in [6.45, 7) is 1.48. The minimum Gasteiger partial charge on any atom is -0.325 e. The van der Waals surface area contributed by atoms with Gasteiger partial charge in [-0.15, -0.1) is 0 Å². The smallest absolute Gasteiger partial charge is 0.242 e.